The molecule has 0 saturated carbocycles. The molecule has 1 heterocycles. The number of carbonyl (C=O) groups is 2. The van der Waals surface area contributed by atoms with Crippen LogP contribution in [-0.2, 0) is 4.79 Å². The molecule has 0 radical (unpaired) electrons. The number of hydrogen-bond donors (Lipinski definition) is 2. The summed E-state index contributed by atoms with van der Waals surface area (Å²) in [5.41, 5.74) is 2.03. The van der Waals surface area contributed by atoms with Crippen LogP contribution in [0, 0.1) is 0 Å². The molecular weight excluding hydrogens is 348 g/mol. The van der Waals surface area contributed by atoms with Gasteiger partial charge in [0.05, 0.1) is 19.9 Å². The Kier molecular flexibility index (Phi) is 5.49. The van der Waals surface area contributed by atoms with Crippen molar-refractivity contribution in [3.63, 3.8) is 0 Å². The Balaban J connectivity index is 1.59. The number of methoxy groups -OCH3 is 2. The highest BCUT2D eigenvalue weighted by molar-refractivity contribution is 5.98. The smallest absolute Gasteiger partial charge is 0.265 e. The largest absolute Gasteiger partial charge is 0.493 e. The first-order valence-electron chi connectivity index (χ1n) is 8.62. The Hall–Kier alpha value is -3.22. The van der Waals surface area contributed by atoms with Crippen molar-refractivity contribution in [2.75, 3.05) is 31.4 Å². The van der Waals surface area contributed by atoms with Crippen LogP contribution in [0.2, 0.25) is 0 Å². The number of hydrogen-bond acceptors (Lipinski definition) is 6. The van der Waals surface area contributed by atoms with E-state index in [2.05, 4.69) is 10.6 Å². The second-order valence-corrected chi connectivity index (χ2v) is 6.13. The predicted octanol–water partition coefficient (Wildman–Crippen LogP) is 3.11. The van der Waals surface area contributed by atoms with Crippen molar-refractivity contribution < 1.29 is 23.8 Å². The third-order valence-electron chi connectivity index (χ3n) is 4.30. The molecule has 27 heavy (non-hydrogen) atoms. The normalized spacial score (nSPS) is 15.2. The minimum Gasteiger partial charge on any atom is -0.493 e. The third-order valence-corrected chi connectivity index (χ3v) is 4.30. The fraction of sp³-hybridized carbons (Fsp3) is 0.300. The highest BCUT2D eigenvalue weighted by Crippen LogP contribution is 2.32. The summed E-state index contributed by atoms with van der Waals surface area (Å²) >= 11 is 0. The van der Waals surface area contributed by atoms with Gasteiger partial charge >= 0.3 is 0 Å². The molecule has 7 nitrogen and oxygen atoms in total. The first kappa shape index (κ1) is 18.6. The van der Waals surface area contributed by atoms with Crippen molar-refractivity contribution in [3.05, 3.63) is 42.0 Å². The molecule has 3 rings (SSSR count). The summed E-state index contributed by atoms with van der Waals surface area (Å²) in [5.74, 6) is 1.56. The number of ether oxygens (including phenoxy) is 3. The maximum absolute atomic E-state index is 12.4. The summed E-state index contributed by atoms with van der Waals surface area (Å²) in [5, 5.41) is 5.99. The van der Waals surface area contributed by atoms with Crippen LogP contribution in [0.15, 0.2) is 36.4 Å². The lowest BCUT2D eigenvalue weighted by Crippen LogP contribution is -2.34. The molecule has 0 fully saturated rings. The Morgan fingerprint density at radius 2 is 1.93 bits per heavy atom. The van der Waals surface area contributed by atoms with Gasteiger partial charge in [-0.1, -0.05) is 0 Å². The van der Waals surface area contributed by atoms with Crippen LogP contribution in [0.4, 0.5) is 11.4 Å². The van der Waals surface area contributed by atoms with Crippen molar-refractivity contribution in [2.24, 2.45) is 0 Å². The summed E-state index contributed by atoms with van der Waals surface area (Å²) < 4.78 is 16.0. The van der Waals surface area contributed by atoms with E-state index < -0.39 is 6.10 Å². The molecule has 1 aliphatic heterocycles. The molecule has 0 aromatic heterocycles. The van der Waals surface area contributed by atoms with Crippen LogP contribution in [0.3, 0.4) is 0 Å². The number of ketones is 1. The molecule has 0 spiro atoms. The average molecular weight is 370 g/mol. The molecule has 0 aliphatic carbocycles. The van der Waals surface area contributed by atoms with Gasteiger partial charge in [-0.3, -0.25) is 9.59 Å². The Bertz CT molecular complexity index is 865. The van der Waals surface area contributed by atoms with Gasteiger partial charge in [0.15, 0.2) is 23.4 Å². The number of Topliss-reactive ketones (excluding diaryl/α,β-unsaturated/α-hetero) is 1. The second-order valence-electron chi connectivity index (χ2n) is 6.13. The quantitative estimate of drug-likeness (QED) is 0.729. The van der Waals surface area contributed by atoms with Crippen LogP contribution in [0.5, 0.6) is 17.2 Å². The SMILES string of the molecule is COc1ccc(C(=O)CCNc2ccc3c(c2)O[C@H](C)C(=O)N3)cc1OC. The van der Waals surface area contributed by atoms with Crippen molar-refractivity contribution >= 4 is 23.1 Å². The summed E-state index contributed by atoms with van der Waals surface area (Å²) in [6, 6.07) is 10.5. The number of carbonyl (C=O) groups excluding carboxylic acids is 2. The summed E-state index contributed by atoms with van der Waals surface area (Å²) in [6.45, 7) is 2.16. The Morgan fingerprint density at radius 1 is 1.15 bits per heavy atom. The van der Waals surface area contributed by atoms with Crippen LogP contribution >= 0.6 is 0 Å². The molecule has 2 aromatic rings. The molecule has 0 saturated heterocycles. The van der Waals surface area contributed by atoms with Gasteiger partial charge in [0.1, 0.15) is 5.75 Å². The molecule has 142 valence electrons. The van der Waals surface area contributed by atoms with Gasteiger partial charge in [-0.05, 0) is 37.3 Å². The zero-order chi connectivity index (χ0) is 19.4. The molecule has 1 aliphatic rings. The summed E-state index contributed by atoms with van der Waals surface area (Å²) in [7, 11) is 3.09. The number of rotatable bonds is 7. The van der Waals surface area contributed by atoms with E-state index in [0.717, 1.165) is 5.69 Å². The minimum atomic E-state index is -0.528. The summed E-state index contributed by atoms with van der Waals surface area (Å²) in [4.78, 5) is 24.0. The first-order chi connectivity index (χ1) is 13.0. The van der Waals surface area contributed by atoms with Gasteiger partial charge in [-0.25, -0.2) is 0 Å². The van der Waals surface area contributed by atoms with E-state index in [0.29, 0.717) is 41.5 Å². The zero-order valence-corrected chi connectivity index (χ0v) is 15.5. The van der Waals surface area contributed by atoms with Crippen molar-refractivity contribution in [1.29, 1.82) is 0 Å². The fourth-order valence-corrected chi connectivity index (χ4v) is 2.79. The standard InChI is InChI=1S/C20H22N2O5/c1-12-20(24)22-15-6-5-14(11-18(15)27-12)21-9-8-16(23)13-4-7-17(25-2)19(10-13)26-3/h4-7,10-12,21H,8-9H2,1-3H3,(H,22,24)/t12-/m1/s1. The number of fused-ring (bicyclic) bond motifs is 1. The van der Waals surface area contributed by atoms with E-state index >= 15 is 0 Å². The number of benzene rings is 2. The number of anilines is 2. The zero-order valence-electron chi connectivity index (χ0n) is 15.5. The van der Waals surface area contributed by atoms with Crippen molar-refractivity contribution in [1.82, 2.24) is 0 Å². The van der Waals surface area contributed by atoms with E-state index in [1.54, 1.807) is 38.3 Å². The number of nitrogens with one attached hydrogen (secondary N) is 2. The molecule has 1 atom stereocenters. The highest BCUT2D eigenvalue weighted by Gasteiger charge is 2.23. The van der Waals surface area contributed by atoms with Gasteiger partial charge in [-0.2, -0.15) is 0 Å². The Labute approximate surface area is 157 Å². The van der Waals surface area contributed by atoms with Gasteiger partial charge < -0.3 is 24.8 Å². The van der Waals surface area contributed by atoms with Crippen LogP contribution in [0.25, 0.3) is 0 Å². The minimum absolute atomic E-state index is 0.00134. The molecule has 7 heteroatoms. The molecule has 0 bridgehead atoms. The fourth-order valence-electron chi connectivity index (χ4n) is 2.79. The van der Waals surface area contributed by atoms with Crippen molar-refractivity contribution in [3.8, 4) is 17.2 Å². The Morgan fingerprint density at radius 3 is 2.67 bits per heavy atom. The van der Waals surface area contributed by atoms with Gasteiger partial charge in [0.25, 0.3) is 5.91 Å². The van der Waals surface area contributed by atoms with Crippen molar-refractivity contribution in [2.45, 2.75) is 19.4 Å². The van der Waals surface area contributed by atoms with E-state index in [1.807, 2.05) is 12.1 Å². The average Bonchev–Trinajstić information content (AvgIpc) is 2.68. The first-order valence-corrected chi connectivity index (χ1v) is 8.62. The van der Waals surface area contributed by atoms with Gasteiger partial charge in [0, 0.05) is 30.3 Å². The van der Waals surface area contributed by atoms with E-state index in [1.165, 1.54) is 7.11 Å². The third kappa shape index (κ3) is 4.13. The summed E-state index contributed by atoms with van der Waals surface area (Å²) in [6.07, 6.45) is -0.208. The predicted molar refractivity (Wildman–Crippen MR) is 102 cm³/mol. The molecule has 1 amide bonds. The maximum Gasteiger partial charge on any atom is 0.265 e. The topological polar surface area (TPSA) is 85.9 Å². The van der Waals surface area contributed by atoms with Crippen LogP contribution < -0.4 is 24.8 Å². The van der Waals surface area contributed by atoms with Crippen LogP contribution in [-0.4, -0.2) is 38.6 Å². The lowest BCUT2D eigenvalue weighted by molar-refractivity contribution is -0.122. The second kappa shape index (κ2) is 7.99. The van der Waals surface area contributed by atoms with E-state index in [-0.39, 0.29) is 11.7 Å². The molecule has 2 N–H and O–H groups in total. The monoisotopic (exact) mass is 370 g/mol. The van der Waals surface area contributed by atoms with Crippen LogP contribution in [0.1, 0.15) is 23.7 Å². The van der Waals surface area contributed by atoms with E-state index in [9.17, 15) is 9.59 Å². The van der Waals surface area contributed by atoms with E-state index in [4.69, 9.17) is 14.2 Å². The molecule has 2 aromatic carbocycles. The lowest BCUT2D eigenvalue weighted by Gasteiger charge is -2.23. The molecule has 0 unspecified atom stereocenters. The lowest BCUT2D eigenvalue weighted by atomic mass is 10.1. The highest BCUT2D eigenvalue weighted by atomic mass is 16.5. The maximum atomic E-state index is 12.4. The molecular formula is C20H22N2O5. The number of amides is 1. The van der Waals surface area contributed by atoms with Gasteiger partial charge in [0.2, 0.25) is 0 Å². The van der Waals surface area contributed by atoms with Gasteiger partial charge in [-0.15, -0.1) is 0 Å².